The summed E-state index contributed by atoms with van der Waals surface area (Å²) in [6.45, 7) is 4.17. The second kappa shape index (κ2) is 47.9. The number of ether oxygens (including phenoxy) is 4. The van der Waals surface area contributed by atoms with E-state index in [-0.39, 0.29) is 45.1 Å². The molecule has 0 bridgehead atoms. The molecule has 2 atom stereocenters. The van der Waals surface area contributed by atoms with Crippen molar-refractivity contribution in [2.45, 2.75) is 60.6 Å². The van der Waals surface area contributed by atoms with Gasteiger partial charge < -0.3 is 71.7 Å². The maximum Gasteiger partial charge on any atom is 0.319 e. The van der Waals surface area contributed by atoms with Crippen LogP contribution in [0.25, 0.3) is 44.5 Å². The molecule has 682 valence electrons. The summed E-state index contributed by atoms with van der Waals surface area (Å²) < 4.78 is 95.0. The Hall–Kier alpha value is -11.5. The molecule has 0 radical (unpaired) electrons. The first kappa shape index (κ1) is 102. The maximum atomic E-state index is 12.6. The van der Waals surface area contributed by atoms with E-state index in [0.717, 1.165) is 16.7 Å². The van der Waals surface area contributed by atoms with Crippen molar-refractivity contribution in [2.75, 3.05) is 81.5 Å². The van der Waals surface area contributed by atoms with Gasteiger partial charge in [0.05, 0.1) is 133 Å². The van der Waals surface area contributed by atoms with Crippen LogP contribution in [0.1, 0.15) is 65.7 Å². The SMILES string of the molecule is CCS(=O)(=O)c1ccc(C(CO)NC(=O)Nc2cc(Cl)c(-c3ccccc3OC)c(Cl)c2)cc1.CCS(=O)(=O)c1ccc(C(CO)NC(=O)Nc2cc(Cl)c(-c3ccccc3OC)c(Cl)c2)nc1.CNS(=O)(=O)c1ccc(CNC(=O)Nc2cc(Cl)c(-c3ccccc3OC)c(Cl)c2)nc1.COc1ccccc1-c1c(Cl)cc(NC(=O)NCc2ccc(C(C)=O)cc2)cc1Cl. The van der Waals surface area contributed by atoms with Gasteiger partial charge in [0.25, 0.3) is 0 Å². The lowest BCUT2D eigenvalue weighted by molar-refractivity contribution is 0.101. The number of aliphatic hydroxyl groups excluding tert-OH is 2. The van der Waals surface area contributed by atoms with Crippen molar-refractivity contribution >= 4 is 175 Å². The number of urea groups is 4. The molecule has 12 aromatic rings. The molecule has 2 unspecified atom stereocenters. The molecule has 130 heavy (non-hydrogen) atoms. The van der Waals surface area contributed by atoms with Crippen LogP contribution in [0.5, 0.6) is 23.0 Å². The zero-order valence-electron chi connectivity index (χ0n) is 70.5. The van der Waals surface area contributed by atoms with E-state index in [0.29, 0.717) is 148 Å². The highest BCUT2D eigenvalue weighted by Gasteiger charge is 2.25. The van der Waals surface area contributed by atoms with Crippen LogP contribution in [0.3, 0.4) is 0 Å². The van der Waals surface area contributed by atoms with E-state index in [1.807, 2.05) is 78.9 Å². The van der Waals surface area contributed by atoms with Crippen molar-refractivity contribution in [3.8, 4) is 67.5 Å². The molecule has 0 aliphatic heterocycles. The average Bonchev–Trinajstić information content (AvgIpc) is 0.684. The van der Waals surface area contributed by atoms with Gasteiger partial charge in [0.15, 0.2) is 25.5 Å². The summed E-state index contributed by atoms with van der Waals surface area (Å²) in [4.78, 5) is 69.4. The van der Waals surface area contributed by atoms with Crippen LogP contribution in [0.4, 0.5) is 41.9 Å². The number of Topliss-reactive ketones (excluding diaryl/α,β-unsaturated/α-hetero) is 1. The zero-order valence-corrected chi connectivity index (χ0v) is 79.0. The molecule has 10 aromatic carbocycles. The molecule has 0 fully saturated rings. The van der Waals surface area contributed by atoms with Crippen molar-refractivity contribution in [1.82, 2.24) is 36.0 Å². The number of rotatable bonds is 29. The summed E-state index contributed by atoms with van der Waals surface area (Å²) in [5, 5.41) is 43.5. The fourth-order valence-corrected chi connectivity index (χ4v) is 17.6. The molecule has 0 aliphatic rings. The number of sulfone groups is 2. The number of nitrogens with one attached hydrogen (secondary N) is 9. The largest absolute Gasteiger partial charge is 0.496 e. The van der Waals surface area contributed by atoms with Crippen LogP contribution in [0, 0.1) is 0 Å². The predicted octanol–water partition coefficient (Wildman–Crippen LogP) is 20.5. The molecule has 12 rings (SSSR count). The third-order valence-corrected chi connectivity index (χ3v) is 26.4. The zero-order chi connectivity index (χ0) is 94.7. The molecule has 0 spiro atoms. The van der Waals surface area contributed by atoms with Crippen molar-refractivity contribution in [3.05, 3.63) is 299 Å². The molecule has 39 heteroatoms. The number of carbonyl (C=O) groups is 5. The Morgan fingerprint density at radius 1 is 0.385 bits per heavy atom. The van der Waals surface area contributed by atoms with Gasteiger partial charge >= 0.3 is 24.1 Å². The van der Waals surface area contributed by atoms with Crippen molar-refractivity contribution < 1.29 is 78.4 Å². The smallest absolute Gasteiger partial charge is 0.319 e. The van der Waals surface area contributed by atoms with Crippen LogP contribution in [-0.2, 0) is 42.8 Å². The lowest BCUT2D eigenvalue weighted by atomic mass is 10.0. The van der Waals surface area contributed by atoms with E-state index in [1.54, 1.807) is 138 Å². The average molecular weight is 1990 g/mol. The van der Waals surface area contributed by atoms with Crippen molar-refractivity contribution in [3.63, 3.8) is 0 Å². The summed E-state index contributed by atoms with van der Waals surface area (Å²) in [6.07, 6.45) is 2.42. The van der Waals surface area contributed by atoms with Crippen LogP contribution < -0.4 is 66.2 Å². The number of halogens is 8. The number of amides is 8. The van der Waals surface area contributed by atoms with Crippen molar-refractivity contribution in [2.24, 2.45) is 0 Å². The number of para-hydroxylation sites is 4. The van der Waals surface area contributed by atoms with Gasteiger partial charge in [0.2, 0.25) is 10.0 Å². The minimum absolute atomic E-state index is 0.00224. The molecule has 11 N–H and O–H groups in total. The fourth-order valence-electron chi connectivity index (χ4n) is 12.5. The number of anilines is 4. The highest BCUT2D eigenvalue weighted by Crippen LogP contribution is 2.46. The Morgan fingerprint density at radius 3 is 1.02 bits per heavy atom. The molecule has 0 saturated carbocycles. The van der Waals surface area contributed by atoms with Gasteiger partial charge in [0.1, 0.15) is 27.9 Å². The third-order valence-electron chi connectivity index (χ3n) is 19.2. The first-order valence-corrected chi connectivity index (χ1v) is 46.8. The molecule has 28 nitrogen and oxygen atoms in total. The van der Waals surface area contributed by atoms with Crippen LogP contribution >= 0.6 is 92.8 Å². The van der Waals surface area contributed by atoms with E-state index in [2.05, 4.69) is 57.2 Å². The van der Waals surface area contributed by atoms with Crippen LogP contribution in [0.2, 0.25) is 40.2 Å². The van der Waals surface area contributed by atoms with E-state index >= 15 is 0 Å². The summed E-state index contributed by atoms with van der Waals surface area (Å²) in [5.41, 5.74) is 9.67. The van der Waals surface area contributed by atoms with Gasteiger partial charge in [-0.25, -0.2) is 49.2 Å². The number of benzene rings is 10. The van der Waals surface area contributed by atoms with Gasteiger partial charge in [-0.3, -0.25) is 14.8 Å². The summed E-state index contributed by atoms with van der Waals surface area (Å²) in [5.74, 6) is 2.40. The van der Waals surface area contributed by atoms with Gasteiger partial charge in [-0.1, -0.05) is 216 Å². The van der Waals surface area contributed by atoms with E-state index in [4.69, 9.17) is 112 Å². The second-order valence-corrected chi connectivity index (χ2v) is 37.3. The van der Waals surface area contributed by atoms with E-state index in [9.17, 15) is 59.4 Å². The quantitative estimate of drug-likeness (QED) is 0.0194. The number of sulfonamides is 1. The van der Waals surface area contributed by atoms with Crippen molar-refractivity contribution in [1.29, 1.82) is 0 Å². The summed E-state index contributed by atoms with van der Waals surface area (Å²) >= 11 is 51.7. The van der Waals surface area contributed by atoms with E-state index in [1.165, 1.54) is 69.7 Å². The first-order chi connectivity index (χ1) is 62.0. The Kier molecular flexibility index (Phi) is 37.7. The monoisotopic (exact) mass is 1980 g/mol. The summed E-state index contributed by atoms with van der Waals surface area (Å²) in [7, 11) is -2.77. The minimum atomic E-state index is -3.57. The van der Waals surface area contributed by atoms with E-state index < -0.39 is 72.5 Å². The Morgan fingerprint density at radius 2 is 0.708 bits per heavy atom. The topological polar surface area (TPSA) is 399 Å². The van der Waals surface area contributed by atoms with Gasteiger partial charge in [0, 0.05) is 91.8 Å². The highest BCUT2D eigenvalue weighted by atomic mass is 35.5. The Bertz CT molecular complexity index is 6130. The number of aromatic nitrogens is 2. The normalized spacial score (nSPS) is 11.5. The molecule has 0 aliphatic carbocycles. The van der Waals surface area contributed by atoms with Gasteiger partial charge in [-0.2, -0.15) is 0 Å². The van der Waals surface area contributed by atoms with Crippen LogP contribution in [0.15, 0.2) is 245 Å². The molecular weight excluding hydrogens is 1900 g/mol. The number of hydrogen-bond acceptors (Lipinski definition) is 19. The number of hydrogen-bond donors (Lipinski definition) is 11. The highest BCUT2D eigenvalue weighted by molar-refractivity contribution is 7.91. The van der Waals surface area contributed by atoms with Crippen LogP contribution in [-0.4, -0.2) is 136 Å². The Balaban J connectivity index is 0.000000196. The maximum absolute atomic E-state index is 12.6. The van der Waals surface area contributed by atoms with Gasteiger partial charge in [-0.15, -0.1) is 0 Å². The molecule has 2 heterocycles. The number of nitrogens with zero attached hydrogens (tertiary/aromatic N) is 2. The molecule has 0 saturated heterocycles. The number of pyridine rings is 2. The lowest BCUT2D eigenvalue weighted by Gasteiger charge is -2.18. The fraction of sp³-hybridized carbons (Fsp3) is 0.176. The number of aliphatic hydroxyl groups is 2. The Labute approximate surface area is 791 Å². The summed E-state index contributed by atoms with van der Waals surface area (Å²) in [6, 6.07) is 57.0. The van der Waals surface area contributed by atoms with Gasteiger partial charge in [-0.05, 0) is 134 Å². The molecule has 2 aromatic heterocycles. The number of ketones is 1. The second-order valence-electron chi connectivity index (χ2n) is 27.6. The number of methoxy groups -OCH3 is 4. The molecular formula is C91H87Cl8N11O17S3. The third kappa shape index (κ3) is 27.6. The minimum Gasteiger partial charge on any atom is -0.496 e. The standard InChI is InChI=1S/C24H24Cl2N2O5S.C23H23Cl2N3O5S.C23H20Cl2N2O3.C21H20Cl2N4O4S/c1-3-34(31,32)17-10-8-15(9-11-17)21(14-29)28-24(30)27-16-12-19(25)23(20(26)13-16)18-6-4-5-7-22(18)33-2;1-3-34(31,32)15-8-9-19(26-12-15)20(13-29)28-23(30)27-14-10-17(24)22(18(25)11-14)16-6-4-5-7-21(16)33-2;1-14(28)16-9-7-15(8-10-16)13-26-23(29)27-17-11-19(24)22(20(25)12-17)18-5-3-4-6-21(18)30-2;1-24-32(29,30)15-8-7-13(25-12-15)11-26-21(28)27-14-9-17(22)20(18(23)10-14)16-5-3-4-6-19(16)31-2/h4-13,21,29H,3,14H2,1-2H3,(H2,27,28,30);4-12,20,29H,3,13H2,1-2H3,(H2,27,28,30);3-12H,13H2,1-2H3,(H2,26,27,29);3-10,12,24H,11H2,1-2H3,(H2,26,27,28). The molecule has 8 amide bonds. The first-order valence-electron chi connectivity index (χ1n) is 39.0. The number of carbonyl (C=O) groups excluding carboxylic acids is 5. The predicted molar refractivity (Wildman–Crippen MR) is 513 cm³/mol. The lowest BCUT2D eigenvalue weighted by Crippen LogP contribution is -2.34.